The van der Waals surface area contributed by atoms with Gasteiger partial charge < -0.3 is 20.5 Å². The van der Waals surface area contributed by atoms with Crippen LogP contribution in [0.1, 0.15) is 40.5 Å². The molecule has 0 rings (SSSR count). The molecule has 0 spiro atoms. The molecule has 7 heteroatoms. The molecule has 0 radical (unpaired) electrons. The summed E-state index contributed by atoms with van der Waals surface area (Å²) in [7, 11) is 0. The predicted octanol–water partition coefficient (Wildman–Crippen LogP) is 0.881. The number of nitrogens with one attached hydrogen (secondary N) is 2. The molecule has 0 saturated carbocycles. The molecule has 3 N–H and O–H groups in total. The number of carbonyl (C=O) groups is 3. The van der Waals surface area contributed by atoms with Crippen LogP contribution in [0.2, 0.25) is 0 Å². The minimum Gasteiger partial charge on any atom is -0.480 e. The summed E-state index contributed by atoms with van der Waals surface area (Å²) in [6.45, 7) is 6.59. The summed E-state index contributed by atoms with van der Waals surface area (Å²) in [5.41, 5.74) is -1.35. The van der Waals surface area contributed by atoms with Gasteiger partial charge in [0.1, 0.15) is 11.6 Å². The molecule has 110 valence electrons. The summed E-state index contributed by atoms with van der Waals surface area (Å²) >= 11 is 0. The van der Waals surface area contributed by atoms with Gasteiger partial charge in [0.2, 0.25) is 0 Å². The van der Waals surface area contributed by atoms with Crippen LogP contribution in [0.4, 0.5) is 4.79 Å². The van der Waals surface area contributed by atoms with E-state index in [0.717, 1.165) is 0 Å². The Morgan fingerprint density at radius 3 is 2.32 bits per heavy atom. The van der Waals surface area contributed by atoms with Crippen molar-refractivity contribution in [2.24, 2.45) is 0 Å². The minimum atomic E-state index is -1.35. The van der Waals surface area contributed by atoms with Crippen LogP contribution in [-0.4, -0.2) is 41.3 Å². The minimum absolute atomic E-state index is 0.217. The van der Waals surface area contributed by atoms with Crippen molar-refractivity contribution in [3.8, 4) is 0 Å². The van der Waals surface area contributed by atoms with E-state index < -0.39 is 29.6 Å². The third-order valence-corrected chi connectivity index (χ3v) is 2.60. The molecule has 0 saturated heterocycles. The predicted molar refractivity (Wildman–Crippen MR) is 68.7 cm³/mol. The number of rotatable bonds is 7. The van der Waals surface area contributed by atoms with E-state index in [0.29, 0.717) is 12.8 Å². The van der Waals surface area contributed by atoms with Gasteiger partial charge in [0.15, 0.2) is 0 Å². The zero-order valence-corrected chi connectivity index (χ0v) is 11.8. The van der Waals surface area contributed by atoms with Crippen LogP contribution in [0, 0.1) is 0 Å². The highest BCUT2D eigenvalue weighted by Gasteiger charge is 2.34. The van der Waals surface area contributed by atoms with Gasteiger partial charge in [0.25, 0.3) is 0 Å². The maximum atomic E-state index is 11.7. The van der Waals surface area contributed by atoms with Gasteiger partial charge in [0, 0.05) is 0 Å². The molecule has 0 fully saturated rings. The van der Waals surface area contributed by atoms with Crippen molar-refractivity contribution in [3.63, 3.8) is 0 Å². The number of urea groups is 1. The fraction of sp³-hybridized carbons (Fsp3) is 0.750. The molecule has 2 atom stereocenters. The molecular formula is C12H22N2O5. The van der Waals surface area contributed by atoms with E-state index in [-0.39, 0.29) is 6.61 Å². The smallest absolute Gasteiger partial charge is 0.329 e. The molecular weight excluding hydrogens is 252 g/mol. The maximum Gasteiger partial charge on any atom is 0.329 e. The van der Waals surface area contributed by atoms with Gasteiger partial charge in [0.05, 0.1) is 6.61 Å². The molecule has 0 aromatic rings. The first kappa shape index (κ1) is 17.2. The second kappa shape index (κ2) is 7.60. The van der Waals surface area contributed by atoms with Gasteiger partial charge in [-0.05, 0) is 27.2 Å². The summed E-state index contributed by atoms with van der Waals surface area (Å²) < 4.78 is 4.73. The molecule has 0 aliphatic carbocycles. The highest BCUT2D eigenvalue weighted by molar-refractivity contribution is 5.88. The van der Waals surface area contributed by atoms with Gasteiger partial charge in [-0.25, -0.2) is 14.4 Å². The lowest BCUT2D eigenvalue weighted by molar-refractivity contribution is -0.144. The van der Waals surface area contributed by atoms with E-state index >= 15 is 0 Å². The van der Waals surface area contributed by atoms with Crippen molar-refractivity contribution < 1.29 is 24.2 Å². The highest BCUT2D eigenvalue weighted by Crippen LogP contribution is 2.12. The van der Waals surface area contributed by atoms with E-state index in [9.17, 15) is 14.4 Å². The largest absolute Gasteiger partial charge is 0.480 e. The Morgan fingerprint density at radius 1 is 1.32 bits per heavy atom. The third kappa shape index (κ3) is 5.58. The number of ether oxygens (including phenoxy) is 1. The van der Waals surface area contributed by atoms with Crippen LogP contribution in [0.5, 0.6) is 0 Å². The Labute approximate surface area is 112 Å². The normalized spacial score (nSPS) is 14.9. The lowest BCUT2D eigenvalue weighted by atomic mass is 9.97. The Hall–Kier alpha value is -1.79. The molecule has 0 aromatic heterocycles. The number of amides is 2. The molecule has 0 heterocycles. The number of carboxylic acids is 1. The molecule has 2 amide bonds. The fourth-order valence-electron chi connectivity index (χ4n) is 1.53. The van der Waals surface area contributed by atoms with Crippen LogP contribution in [0.15, 0.2) is 0 Å². The number of carboxylic acid groups (broad SMARTS) is 1. The van der Waals surface area contributed by atoms with E-state index in [1.807, 2.05) is 6.92 Å². The molecule has 7 nitrogen and oxygen atoms in total. The first-order valence-corrected chi connectivity index (χ1v) is 6.25. The van der Waals surface area contributed by atoms with Crippen LogP contribution in [0.3, 0.4) is 0 Å². The first-order chi connectivity index (χ1) is 8.76. The highest BCUT2D eigenvalue weighted by atomic mass is 16.5. The van der Waals surface area contributed by atoms with Crippen molar-refractivity contribution in [3.05, 3.63) is 0 Å². The van der Waals surface area contributed by atoms with Crippen LogP contribution < -0.4 is 10.6 Å². The standard InChI is InChI=1S/C12H22N2O5/c1-5-7-12(4,10(16)17)14-11(18)13-8(3)9(15)19-6-2/h8H,5-7H2,1-4H3,(H,16,17)(H2,13,14,18). The number of hydrogen-bond acceptors (Lipinski definition) is 4. The van der Waals surface area contributed by atoms with Gasteiger partial charge in [-0.15, -0.1) is 0 Å². The third-order valence-electron chi connectivity index (χ3n) is 2.60. The van der Waals surface area contributed by atoms with Gasteiger partial charge >= 0.3 is 18.0 Å². The second-order valence-corrected chi connectivity index (χ2v) is 4.46. The maximum absolute atomic E-state index is 11.7. The number of hydrogen-bond donors (Lipinski definition) is 3. The monoisotopic (exact) mass is 274 g/mol. The Balaban J connectivity index is 4.51. The molecule has 19 heavy (non-hydrogen) atoms. The van der Waals surface area contributed by atoms with E-state index in [2.05, 4.69) is 10.6 Å². The summed E-state index contributed by atoms with van der Waals surface area (Å²) in [5, 5.41) is 13.8. The summed E-state index contributed by atoms with van der Waals surface area (Å²) in [6.07, 6.45) is 0.903. The molecule has 2 unspecified atom stereocenters. The summed E-state index contributed by atoms with van der Waals surface area (Å²) in [6, 6.07) is -1.54. The van der Waals surface area contributed by atoms with Crippen molar-refractivity contribution in [2.75, 3.05) is 6.61 Å². The van der Waals surface area contributed by atoms with Crippen molar-refractivity contribution in [1.29, 1.82) is 0 Å². The van der Waals surface area contributed by atoms with E-state index in [4.69, 9.17) is 9.84 Å². The fourth-order valence-corrected chi connectivity index (χ4v) is 1.53. The lowest BCUT2D eigenvalue weighted by Crippen LogP contribution is -2.57. The van der Waals surface area contributed by atoms with Crippen molar-refractivity contribution in [2.45, 2.75) is 52.1 Å². The van der Waals surface area contributed by atoms with Crippen molar-refractivity contribution in [1.82, 2.24) is 10.6 Å². The van der Waals surface area contributed by atoms with Gasteiger partial charge in [-0.3, -0.25) is 0 Å². The average Bonchev–Trinajstić information content (AvgIpc) is 2.28. The van der Waals surface area contributed by atoms with E-state index in [1.165, 1.54) is 13.8 Å². The first-order valence-electron chi connectivity index (χ1n) is 6.25. The number of aliphatic carboxylic acids is 1. The molecule has 0 bridgehead atoms. The molecule has 0 aliphatic heterocycles. The zero-order chi connectivity index (χ0) is 15.1. The van der Waals surface area contributed by atoms with Crippen molar-refractivity contribution >= 4 is 18.0 Å². The molecule has 0 aromatic carbocycles. The second-order valence-electron chi connectivity index (χ2n) is 4.46. The number of esters is 1. The Morgan fingerprint density at radius 2 is 1.89 bits per heavy atom. The molecule has 0 aliphatic rings. The van der Waals surface area contributed by atoms with Crippen LogP contribution in [0.25, 0.3) is 0 Å². The van der Waals surface area contributed by atoms with Gasteiger partial charge in [-0.1, -0.05) is 13.3 Å². The zero-order valence-electron chi connectivity index (χ0n) is 11.8. The van der Waals surface area contributed by atoms with Gasteiger partial charge in [-0.2, -0.15) is 0 Å². The van der Waals surface area contributed by atoms with E-state index in [1.54, 1.807) is 6.92 Å². The average molecular weight is 274 g/mol. The van der Waals surface area contributed by atoms with Crippen LogP contribution in [-0.2, 0) is 14.3 Å². The quantitative estimate of drug-likeness (QED) is 0.598. The topological polar surface area (TPSA) is 105 Å². The summed E-state index contributed by atoms with van der Waals surface area (Å²) in [5.74, 6) is -1.68. The number of carbonyl (C=O) groups excluding carboxylic acids is 2. The Kier molecular flexibility index (Phi) is 6.89. The Bertz CT molecular complexity index is 345. The van der Waals surface area contributed by atoms with Crippen LogP contribution >= 0.6 is 0 Å². The lowest BCUT2D eigenvalue weighted by Gasteiger charge is -2.26. The SMILES string of the molecule is CCCC(C)(NC(=O)NC(C)C(=O)OCC)C(=O)O. The summed E-state index contributed by atoms with van der Waals surface area (Å²) in [4.78, 5) is 34.1.